The van der Waals surface area contributed by atoms with Crippen LogP contribution < -0.4 is 0 Å². The van der Waals surface area contributed by atoms with Crippen LogP contribution in [0.2, 0.25) is 0 Å². The summed E-state index contributed by atoms with van der Waals surface area (Å²) in [6, 6.07) is 7.17. The second-order valence-corrected chi connectivity index (χ2v) is 7.61. The molecule has 2 aromatic rings. The van der Waals surface area contributed by atoms with Crippen molar-refractivity contribution in [3.8, 4) is 0 Å². The molecule has 0 spiro atoms. The lowest BCUT2D eigenvalue weighted by Gasteiger charge is -2.39. The molecule has 2 unspecified atom stereocenters. The molecule has 11 heteroatoms. The summed E-state index contributed by atoms with van der Waals surface area (Å²) >= 11 is 6.94. The minimum absolute atomic E-state index is 0.00374. The number of hydroxylamine groups is 2. The van der Waals surface area contributed by atoms with Crippen molar-refractivity contribution in [1.29, 1.82) is 0 Å². The first-order valence-electron chi connectivity index (χ1n) is 9.18. The second-order valence-electron chi connectivity index (χ2n) is 6.40. The smallest absolute Gasteiger partial charge is 0.411 e. The van der Waals surface area contributed by atoms with E-state index in [1.54, 1.807) is 12.1 Å². The van der Waals surface area contributed by atoms with E-state index in [0.717, 1.165) is 15.5 Å². The summed E-state index contributed by atoms with van der Waals surface area (Å²) in [5, 5.41) is 0.0471. The molecule has 1 aromatic heterocycles. The molecule has 0 aliphatic carbocycles. The van der Waals surface area contributed by atoms with Gasteiger partial charge in [0.15, 0.2) is 6.04 Å². The third-order valence-electron chi connectivity index (χ3n) is 4.52. The third kappa shape index (κ3) is 5.04. The quantitative estimate of drug-likeness (QED) is 0.201. The minimum atomic E-state index is -1.13. The van der Waals surface area contributed by atoms with Gasteiger partial charge in [0, 0.05) is 0 Å². The van der Waals surface area contributed by atoms with Crippen LogP contribution in [0.4, 0.5) is 9.59 Å². The van der Waals surface area contributed by atoms with Crippen molar-refractivity contribution in [2.45, 2.75) is 18.7 Å². The summed E-state index contributed by atoms with van der Waals surface area (Å²) in [5.74, 6) is -0.682. The Bertz CT molecular complexity index is 953. The number of amides is 2. The zero-order valence-corrected chi connectivity index (χ0v) is 18.2. The zero-order valence-electron chi connectivity index (χ0n) is 16.6. The van der Waals surface area contributed by atoms with E-state index in [-0.39, 0.29) is 25.5 Å². The number of aromatic nitrogens is 1. The summed E-state index contributed by atoms with van der Waals surface area (Å²) in [6.07, 6.45) is 0.681. The van der Waals surface area contributed by atoms with Crippen LogP contribution in [0.1, 0.15) is 28.2 Å². The number of carbonyl (C=O) groups is 3. The van der Waals surface area contributed by atoms with Crippen molar-refractivity contribution in [3.05, 3.63) is 64.6 Å². The van der Waals surface area contributed by atoms with Crippen LogP contribution in [0.15, 0.2) is 48.5 Å². The van der Waals surface area contributed by atoms with Gasteiger partial charge in [0.05, 0.1) is 36.3 Å². The highest BCUT2D eigenvalue weighted by Gasteiger charge is 2.46. The van der Waals surface area contributed by atoms with Crippen molar-refractivity contribution in [2.75, 3.05) is 20.3 Å². The van der Waals surface area contributed by atoms with Gasteiger partial charge in [0.2, 0.25) is 0 Å². The van der Waals surface area contributed by atoms with Crippen LogP contribution in [0.3, 0.4) is 0 Å². The molecule has 2 atom stereocenters. The topological polar surface area (TPSA) is 98.3 Å². The van der Waals surface area contributed by atoms with Crippen molar-refractivity contribution >= 4 is 40.4 Å². The van der Waals surface area contributed by atoms with Crippen LogP contribution >= 0.6 is 22.9 Å². The van der Waals surface area contributed by atoms with Gasteiger partial charge in [-0.3, -0.25) is 14.5 Å². The molecule has 0 N–H and O–H groups in total. The average Bonchev–Trinajstić information content (AvgIpc) is 3.27. The number of carbonyl (C=O) groups excluding carboxylic acids is 3. The first-order chi connectivity index (χ1) is 15.0. The Hall–Kier alpha value is -2.95. The van der Waals surface area contributed by atoms with E-state index in [1.165, 1.54) is 30.0 Å². The van der Waals surface area contributed by atoms with Gasteiger partial charge in [-0.05, 0) is 17.2 Å². The molecular weight excluding hydrogens is 446 g/mol. The lowest BCUT2D eigenvalue weighted by molar-refractivity contribution is -0.153. The van der Waals surface area contributed by atoms with Gasteiger partial charge in [-0.25, -0.2) is 14.6 Å². The predicted octanol–water partition coefficient (Wildman–Crippen LogP) is 3.83. The van der Waals surface area contributed by atoms with Crippen LogP contribution in [0.25, 0.3) is 0 Å². The normalized spacial score (nSPS) is 17.4. The van der Waals surface area contributed by atoms with Gasteiger partial charge in [0.25, 0.3) is 0 Å². The highest BCUT2D eigenvalue weighted by atomic mass is 35.5. The number of benzene rings is 1. The van der Waals surface area contributed by atoms with Crippen molar-refractivity contribution in [3.63, 3.8) is 0 Å². The second kappa shape index (κ2) is 10.4. The number of esters is 1. The highest BCUT2D eigenvalue weighted by molar-refractivity contribution is 7.09. The Morgan fingerprint density at radius 1 is 1.35 bits per heavy atom. The Morgan fingerprint density at radius 2 is 2.10 bits per heavy atom. The number of thiazole rings is 1. The number of ether oxygens (including phenoxy) is 2. The Labute approximate surface area is 187 Å². The van der Waals surface area contributed by atoms with Gasteiger partial charge in [-0.2, -0.15) is 5.06 Å². The number of hydrogen-bond donors (Lipinski definition) is 0. The first-order valence-corrected chi connectivity index (χ1v) is 10.4. The van der Waals surface area contributed by atoms with E-state index in [9.17, 15) is 14.4 Å². The Kier molecular flexibility index (Phi) is 7.61. The lowest BCUT2D eigenvalue weighted by Crippen LogP contribution is -2.49. The Balaban J connectivity index is 1.92. The number of nitrogens with zero attached hydrogens (tertiary/aromatic N) is 3. The monoisotopic (exact) mass is 465 g/mol. The Morgan fingerprint density at radius 3 is 2.74 bits per heavy atom. The minimum Gasteiger partial charge on any atom is -0.467 e. The van der Waals surface area contributed by atoms with Gasteiger partial charge < -0.3 is 9.47 Å². The number of methoxy groups -OCH3 is 1. The summed E-state index contributed by atoms with van der Waals surface area (Å²) in [7, 11) is 1.22. The van der Waals surface area contributed by atoms with Crippen LogP contribution in [0.5, 0.6) is 0 Å². The molecule has 1 aromatic carbocycles. The molecule has 0 saturated heterocycles. The molecule has 9 nitrogen and oxygen atoms in total. The predicted molar refractivity (Wildman–Crippen MR) is 112 cm³/mol. The molecule has 1 aliphatic heterocycles. The summed E-state index contributed by atoms with van der Waals surface area (Å²) in [4.78, 5) is 48.9. The summed E-state index contributed by atoms with van der Waals surface area (Å²) in [6.45, 7) is 3.46. The standard InChI is InChI=1S/C20H20ClN3O6S/c1-3-9-30-24(19(21)26)14-10-23(20(27)29-11-13-7-5-4-6-8-13)16(18(25)28-2)15-17(14)31-12-22-15/h3-8,12,14,16H,1,9-11H2,2H3. The molecule has 31 heavy (non-hydrogen) atoms. The van der Waals surface area contributed by atoms with Crippen molar-refractivity contribution in [1.82, 2.24) is 14.9 Å². The molecule has 2 heterocycles. The average molecular weight is 466 g/mol. The maximum absolute atomic E-state index is 13.0. The number of hydrogen-bond acceptors (Lipinski definition) is 8. The lowest BCUT2D eigenvalue weighted by atomic mass is 10.0. The van der Waals surface area contributed by atoms with Gasteiger partial charge >= 0.3 is 17.4 Å². The highest BCUT2D eigenvalue weighted by Crippen LogP contribution is 2.41. The van der Waals surface area contributed by atoms with Gasteiger partial charge in [-0.15, -0.1) is 17.9 Å². The molecule has 0 saturated carbocycles. The fourth-order valence-corrected chi connectivity index (χ4v) is 4.21. The fourth-order valence-electron chi connectivity index (χ4n) is 3.15. The van der Waals surface area contributed by atoms with Crippen LogP contribution in [0, 0.1) is 0 Å². The summed E-state index contributed by atoms with van der Waals surface area (Å²) < 4.78 is 10.3. The van der Waals surface area contributed by atoms with Gasteiger partial charge in [-0.1, -0.05) is 36.4 Å². The number of halogens is 1. The van der Waals surface area contributed by atoms with Crippen molar-refractivity contribution in [2.24, 2.45) is 0 Å². The first kappa shape index (κ1) is 22.7. The van der Waals surface area contributed by atoms with Gasteiger partial charge in [0.1, 0.15) is 12.6 Å². The van der Waals surface area contributed by atoms with E-state index in [4.69, 9.17) is 25.9 Å². The zero-order chi connectivity index (χ0) is 22.4. The van der Waals surface area contributed by atoms with Crippen molar-refractivity contribution < 1.29 is 28.7 Å². The molecule has 164 valence electrons. The van der Waals surface area contributed by atoms with E-state index in [2.05, 4.69) is 11.6 Å². The van der Waals surface area contributed by atoms with E-state index in [1.807, 2.05) is 18.2 Å². The molecule has 1 aliphatic rings. The maximum Gasteiger partial charge on any atom is 0.411 e. The number of fused-ring (bicyclic) bond motifs is 1. The molecule has 0 fully saturated rings. The molecule has 0 radical (unpaired) electrons. The fraction of sp³-hybridized carbons (Fsp3) is 0.300. The largest absolute Gasteiger partial charge is 0.467 e. The maximum atomic E-state index is 13.0. The third-order valence-corrected chi connectivity index (χ3v) is 5.63. The van der Waals surface area contributed by atoms with Crippen LogP contribution in [-0.2, 0) is 25.7 Å². The van der Waals surface area contributed by atoms with E-state index < -0.39 is 29.5 Å². The molecule has 2 amide bonds. The molecule has 3 rings (SSSR count). The number of rotatable bonds is 7. The van der Waals surface area contributed by atoms with Crippen LogP contribution in [-0.4, -0.2) is 52.6 Å². The van der Waals surface area contributed by atoms with E-state index in [0.29, 0.717) is 4.88 Å². The summed E-state index contributed by atoms with van der Waals surface area (Å²) in [5.41, 5.74) is 2.56. The molecular formula is C20H20ClN3O6S. The molecule has 0 bridgehead atoms. The van der Waals surface area contributed by atoms with E-state index >= 15 is 0 Å². The SMILES string of the molecule is C=CCON(C(=O)Cl)C1CN(C(=O)OCc2ccccc2)C(C(=O)OC)c2ncsc21.